The second-order valence-electron chi connectivity index (χ2n) is 6.09. The number of rotatable bonds is 4. The van der Waals surface area contributed by atoms with Gasteiger partial charge in [0, 0.05) is 18.3 Å². The zero-order valence-corrected chi connectivity index (χ0v) is 15.0. The highest BCUT2D eigenvalue weighted by atomic mass is 32.2. The molecule has 1 unspecified atom stereocenters. The lowest BCUT2D eigenvalue weighted by Crippen LogP contribution is -2.44. The topological polar surface area (TPSA) is 72.4 Å². The predicted molar refractivity (Wildman–Crippen MR) is 90.3 cm³/mol. The Hall–Kier alpha value is -2.06. The molecule has 6 nitrogen and oxygen atoms in total. The Labute approximate surface area is 146 Å². The smallest absolute Gasteiger partial charge is 0.243 e. The second kappa shape index (κ2) is 7.05. The van der Waals surface area contributed by atoms with Gasteiger partial charge in [0.1, 0.15) is 17.7 Å². The lowest BCUT2D eigenvalue weighted by atomic mass is 10.1. The second-order valence-corrected chi connectivity index (χ2v) is 8.03. The van der Waals surface area contributed by atoms with Gasteiger partial charge in [0.2, 0.25) is 15.9 Å². The minimum atomic E-state index is -3.67. The molecule has 1 fully saturated rings. The average Bonchev–Trinajstić information content (AvgIpc) is 2.54. The highest BCUT2D eigenvalue weighted by Crippen LogP contribution is 2.23. The first-order chi connectivity index (χ1) is 11.8. The van der Waals surface area contributed by atoms with E-state index < -0.39 is 15.8 Å². The Morgan fingerprint density at radius 2 is 1.92 bits per heavy atom. The van der Waals surface area contributed by atoms with E-state index in [1.54, 1.807) is 13.0 Å². The van der Waals surface area contributed by atoms with Crippen LogP contribution in [0, 0.1) is 19.7 Å². The molecule has 0 spiro atoms. The van der Waals surface area contributed by atoms with Gasteiger partial charge in [0.25, 0.3) is 0 Å². The van der Waals surface area contributed by atoms with Gasteiger partial charge in [-0.3, -0.25) is 0 Å². The number of aryl methyl sites for hydroxylation is 2. The summed E-state index contributed by atoms with van der Waals surface area (Å²) in [6, 6.07) is 6.60. The first-order valence-corrected chi connectivity index (χ1v) is 9.53. The van der Waals surface area contributed by atoms with Gasteiger partial charge in [-0.25, -0.2) is 17.8 Å². The third-order valence-corrected chi connectivity index (χ3v) is 5.90. The molecule has 0 aliphatic carbocycles. The Morgan fingerprint density at radius 1 is 1.20 bits per heavy atom. The van der Waals surface area contributed by atoms with Gasteiger partial charge in [0.15, 0.2) is 0 Å². The molecule has 1 saturated heterocycles. The van der Waals surface area contributed by atoms with Crippen LogP contribution < -0.4 is 4.74 Å². The van der Waals surface area contributed by atoms with Gasteiger partial charge < -0.3 is 4.74 Å². The number of sulfonamides is 1. The number of aromatic nitrogens is 2. The van der Waals surface area contributed by atoms with E-state index in [-0.39, 0.29) is 17.5 Å². The molecule has 1 atom stereocenters. The first-order valence-electron chi connectivity index (χ1n) is 8.09. The summed E-state index contributed by atoms with van der Waals surface area (Å²) in [6.45, 7) is 4.29. The van der Waals surface area contributed by atoms with Crippen LogP contribution in [0.4, 0.5) is 4.39 Å². The Bertz CT molecular complexity index is 836. The van der Waals surface area contributed by atoms with E-state index in [4.69, 9.17) is 4.74 Å². The molecule has 1 aromatic carbocycles. The van der Waals surface area contributed by atoms with Crippen LogP contribution in [0.15, 0.2) is 35.2 Å². The third kappa shape index (κ3) is 4.13. The largest absolute Gasteiger partial charge is 0.473 e. The van der Waals surface area contributed by atoms with E-state index in [0.29, 0.717) is 24.7 Å². The van der Waals surface area contributed by atoms with E-state index in [0.717, 1.165) is 24.2 Å². The first kappa shape index (κ1) is 17.8. The maximum Gasteiger partial charge on any atom is 0.243 e. The van der Waals surface area contributed by atoms with Crippen molar-refractivity contribution in [3.05, 3.63) is 47.7 Å². The fourth-order valence-electron chi connectivity index (χ4n) is 2.89. The highest BCUT2D eigenvalue weighted by molar-refractivity contribution is 7.89. The number of ether oxygens (including phenoxy) is 1. The molecule has 0 N–H and O–H groups in total. The van der Waals surface area contributed by atoms with Crippen LogP contribution in [0.2, 0.25) is 0 Å². The normalized spacial score (nSPS) is 18.9. The van der Waals surface area contributed by atoms with Crippen LogP contribution in [-0.4, -0.2) is 41.9 Å². The van der Waals surface area contributed by atoms with Crippen molar-refractivity contribution in [3.63, 3.8) is 0 Å². The van der Waals surface area contributed by atoms with Crippen LogP contribution in [0.5, 0.6) is 5.88 Å². The van der Waals surface area contributed by atoms with E-state index in [1.165, 1.54) is 16.4 Å². The minimum absolute atomic E-state index is 0.0864. The van der Waals surface area contributed by atoms with Gasteiger partial charge in [-0.1, -0.05) is 0 Å². The summed E-state index contributed by atoms with van der Waals surface area (Å²) < 4.78 is 45.8. The van der Waals surface area contributed by atoms with Crippen molar-refractivity contribution in [2.45, 2.75) is 37.7 Å². The van der Waals surface area contributed by atoms with Crippen LogP contribution in [0.1, 0.15) is 24.4 Å². The number of piperidine rings is 1. The van der Waals surface area contributed by atoms with Crippen molar-refractivity contribution < 1.29 is 17.5 Å². The zero-order valence-electron chi connectivity index (χ0n) is 14.1. The van der Waals surface area contributed by atoms with Crippen LogP contribution >= 0.6 is 0 Å². The maximum absolute atomic E-state index is 13.0. The number of hydrogen-bond acceptors (Lipinski definition) is 5. The van der Waals surface area contributed by atoms with Gasteiger partial charge in [0.05, 0.1) is 11.4 Å². The average molecular weight is 365 g/mol. The summed E-state index contributed by atoms with van der Waals surface area (Å²) in [5.74, 6) is 0.603. The van der Waals surface area contributed by atoms with Crippen molar-refractivity contribution in [2.75, 3.05) is 13.1 Å². The molecular formula is C17H20FN3O3S. The Morgan fingerprint density at radius 3 is 2.60 bits per heavy atom. The molecule has 0 amide bonds. The summed E-state index contributed by atoms with van der Waals surface area (Å²) in [6.07, 6.45) is 1.16. The molecule has 2 aromatic rings. The molecule has 0 saturated carbocycles. The van der Waals surface area contributed by atoms with Gasteiger partial charge >= 0.3 is 0 Å². The van der Waals surface area contributed by atoms with Crippen molar-refractivity contribution >= 4 is 10.0 Å². The van der Waals surface area contributed by atoms with Crippen LogP contribution in [-0.2, 0) is 10.0 Å². The number of nitrogens with zero attached hydrogens (tertiary/aromatic N) is 3. The van der Waals surface area contributed by atoms with Crippen LogP contribution in [0.25, 0.3) is 0 Å². The van der Waals surface area contributed by atoms with Gasteiger partial charge in [-0.15, -0.1) is 0 Å². The van der Waals surface area contributed by atoms with Gasteiger partial charge in [-0.2, -0.15) is 9.29 Å². The molecule has 25 heavy (non-hydrogen) atoms. The van der Waals surface area contributed by atoms with E-state index in [1.807, 2.05) is 6.92 Å². The lowest BCUT2D eigenvalue weighted by Gasteiger charge is -2.31. The van der Waals surface area contributed by atoms with Gasteiger partial charge in [-0.05, 0) is 51.0 Å². The molecule has 1 aliphatic rings. The minimum Gasteiger partial charge on any atom is -0.473 e. The van der Waals surface area contributed by atoms with E-state index in [2.05, 4.69) is 9.97 Å². The zero-order chi connectivity index (χ0) is 18.0. The SMILES string of the molecule is Cc1cc(OC2CCCN(S(=O)(=O)c3ccc(F)cc3)C2)nc(C)n1. The summed E-state index contributed by atoms with van der Waals surface area (Å²) >= 11 is 0. The molecule has 134 valence electrons. The Kier molecular flexibility index (Phi) is 5.01. The summed E-state index contributed by atoms with van der Waals surface area (Å²) in [5.41, 5.74) is 0.800. The molecular weight excluding hydrogens is 345 g/mol. The van der Waals surface area contributed by atoms with E-state index >= 15 is 0 Å². The molecule has 8 heteroatoms. The molecule has 1 aliphatic heterocycles. The quantitative estimate of drug-likeness (QED) is 0.832. The number of halogens is 1. The summed E-state index contributed by atoms with van der Waals surface area (Å²) in [5, 5.41) is 0. The molecule has 1 aromatic heterocycles. The summed E-state index contributed by atoms with van der Waals surface area (Å²) in [4.78, 5) is 8.53. The molecule has 2 heterocycles. The van der Waals surface area contributed by atoms with Crippen molar-refractivity contribution in [1.29, 1.82) is 0 Å². The number of benzene rings is 1. The van der Waals surface area contributed by atoms with Crippen molar-refractivity contribution in [1.82, 2.24) is 14.3 Å². The standard InChI is InChI=1S/C17H20FN3O3S/c1-12-10-17(20-13(2)19-12)24-15-4-3-9-21(11-15)25(22,23)16-7-5-14(18)6-8-16/h5-8,10,15H,3-4,9,11H2,1-2H3. The molecule has 3 rings (SSSR count). The fourth-order valence-corrected chi connectivity index (χ4v) is 4.40. The van der Waals surface area contributed by atoms with Crippen molar-refractivity contribution in [3.8, 4) is 5.88 Å². The molecule has 0 bridgehead atoms. The summed E-state index contributed by atoms with van der Waals surface area (Å²) in [7, 11) is -3.67. The predicted octanol–water partition coefficient (Wildman–Crippen LogP) is 2.46. The van der Waals surface area contributed by atoms with E-state index in [9.17, 15) is 12.8 Å². The Balaban J connectivity index is 1.75. The fraction of sp³-hybridized carbons (Fsp3) is 0.412. The highest BCUT2D eigenvalue weighted by Gasteiger charge is 2.31. The maximum atomic E-state index is 13.0. The monoisotopic (exact) mass is 365 g/mol. The third-order valence-electron chi connectivity index (χ3n) is 4.02. The number of hydrogen-bond donors (Lipinski definition) is 0. The molecule has 0 radical (unpaired) electrons. The van der Waals surface area contributed by atoms with Crippen molar-refractivity contribution in [2.24, 2.45) is 0 Å². The lowest BCUT2D eigenvalue weighted by molar-refractivity contribution is 0.124. The van der Waals surface area contributed by atoms with Crippen LogP contribution in [0.3, 0.4) is 0 Å².